The number of rotatable bonds is 4. The molecule has 1 aromatic carbocycles. The van der Waals surface area contributed by atoms with E-state index in [0.717, 1.165) is 29.4 Å². The minimum atomic E-state index is 0.549. The van der Waals surface area contributed by atoms with Gasteiger partial charge in [0.15, 0.2) is 0 Å². The predicted octanol–water partition coefficient (Wildman–Crippen LogP) is 3.17. The van der Waals surface area contributed by atoms with Crippen LogP contribution in [0.25, 0.3) is 0 Å². The molecule has 0 unspecified atom stereocenters. The first-order valence-corrected chi connectivity index (χ1v) is 7.60. The smallest absolute Gasteiger partial charge is 0.147 e. The number of aliphatic imine (C=N–C) groups is 1. The van der Waals surface area contributed by atoms with Gasteiger partial charge in [0.2, 0.25) is 0 Å². The third-order valence-electron chi connectivity index (χ3n) is 3.16. The molecule has 104 valence electrons. The summed E-state index contributed by atoms with van der Waals surface area (Å²) in [5, 5.41) is 3.99. The summed E-state index contributed by atoms with van der Waals surface area (Å²) in [6.45, 7) is 2.01. The second-order valence-electron chi connectivity index (χ2n) is 4.70. The maximum absolute atomic E-state index is 5.96. The van der Waals surface area contributed by atoms with Crippen molar-refractivity contribution in [3.05, 3.63) is 46.7 Å². The minimum absolute atomic E-state index is 0.549. The lowest BCUT2D eigenvalue weighted by atomic mass is 10.3. The number of hydrogen-bond donors (Lipinski definition) is 1. The quantitative estimate of drug-likeness (QED) is 0.694. The molecule has 1 aliphatic heterocycles. The van der Waals surface area contributed by atoms with Gasteiger partial charge >= 0.3 is 0 Å². The van der Waals surface area contributed by atoms with Crippen LogP contribution in [0.1, 0.15) is 17.7 Å². The van der Waals surface area contributed by atoms with Crippen LogP contribution < -0.4 is 10.6 Å². The van der Waals surface area contributed by atoms with E-state index in [1.807, 2.05) is 46.8 Å². The van der Waals surface area contributed by atoms with Crippen molar-refractivity contribution < 1.29 is 4.84 Å². The minimum Gasteiger partial charge on any atom is -0.406 e. The van der Waals surface area contributed by atoms with Gasteiger partial charge in [-0.2, -0.15) is 0 Å². The first-order valence-electron chi connectivity index (χ1n) is 6.72. The SMILES string of the molecule is NC(=Nc1ccc(ON2CCCC2)cc1)c1cccs1. The summed E-state index contributed by atoms with van der Waals surface area (Å²) >= 11 is 1.59. The van der Waals surface area contributed by atoms with Gasteiger partial charge in [0.1, 0.15) is 11.6 Å². The van der Waals surface area contributed by atoms with Gasteiger partial charge in [-0.15, -0.1) is 16.4 Å². The molecule has 0 aliphatic carbocycles. The first-order chi connectivity index (χ1) is 9.81. The highest BCUT2D eigenvalue weighted by atomic mass is 32.1. The van der Waals surface area contributed by atoms with E-state index >= 15 is 0 Å². The lowest BCUT2D eigenvalue weighted by Gasteiger charge is -2.15. The molecule has 2 heterocycles. The van der Waals surface area contributed by atoms with Crippen molar-refractivity contribution in [1.82, 2.24) is 5.06 Å². The van der Waals surface area contributed by atoms with E-state index in [1.165, 1.54) is 12.8 Å². The van der Waals surface area contributed by atoms with E-state index < -0.39 is 0 Å². The van der Waals surface area contributed by atoms with Crippen LogP contribution >= 0.6 is 11.3 Å². The van der Waals surface area contributed by atoms with Crippen molar-refractivity contribution in [3.63, 3.8) is 0 Å². The standard InChI is InChI=1S/C15H17N3OS/c16-15(14-4-3-11-20-14)17-12-5-7-13(8-6-12)19-18-9-1-2-10-18/h3-8,11H,1-2,9-10H2,(H2,16,17). The molecule has 4 nitrogen and oxygen atoms in total. The number of nitrogens with two attached hydrogens (primary N) is 1. The molecule has 0 saturated carbocycles. The molecular weight excluding hydrogens is 270 g/mol. The summed E-state index contributed by atoms with van der Waals surface area (Å²) in [6.07, 6.45) is 2.42. The van der Waals surface area contributed by atoms with Crippen LogP contribution in [-0.4, -0.2) is 24.0 Å². The summed E-state index contributed by atoms with van der Waals surface area (Å²) < 4.78 is 0. The maximum atomic E-state index is 5.96. The molecule has 0 spiro atoms. The van der Waals surface area contributed by atoms with Gasteiger partial charge in [0.05, 0.1) is 10.6 Å². The Morgan fingerprint density at radius 2 is 1.90 bits per heavy atom. The van der Waals surface area contributed by atoms with Crippen LogP contribution in [0.5, 0.6) is 5.75 Å². The van der Waals surface area contributed by atoms with Crippen LogP contribution in [0.15, 0.2) is 46.8 Å². The number of nitrogens with zero attached hydrogens (tertiary/aromatic N) is 2. The number of hydrogen-bond acceptors (Lipinski definition) is 4. The third-order valence-corrected chi connectivity index (χ3v) is 4.05. The Balaban J connectivity index is 1.68. The highest BCUT2D eigenvalue weighted by Crippen LogP contribution is 2.21. The van der Waals surface area contributed by atoms with Crippen molar-refractivity contribution in [1.29, 1.82) is 0 Å². The van der Waals surface area contributed by atoms with Crippen LogP contribution in [0.3, 0.4) is 0 Å². The summed E-state index contributed by atoms with van der Waals surface area (Å²) in [4.78, 5) is 11.2. The Morgan fingerprint density at radius 1 is 1.15 bits per heavy atom. The molecule has 2 N–H and O–H groups in total. The second kappa shape index (κ2) is 6.07. The van der Waals surface area contributed by atoms with Crippen molar-refractivity contribution in [2.24, 2.45) is 10.7 Å². The number of amidine groups is 1. The average Bonchev–Trinajstić information content (AvgIpc) is 3.13. The van der Waals surface area contributed by atoms with Crippen LogP contribution in [0.2, 0.25) is 0 Å². The molecule has 0 radical (unpaired) electrons. The number of thiophene rings is 1. The average molecular weight is 287 g/mol. The predicted molar refractivity (Wildman–Crippen MR) is 82.6 cm³/mol. The van der Waals surface area contributed by atoms with Crippen molar-refractivity contribution in [2.75, 3.05) is 13.1 Å². The normalized spacial score (nSPS) is 16.5. The van der Waals surface area contributed by atoms with Gasteiger partial charge in [0, 0.05) is 13.1 Å². The summed E-state index contributed by atoms with van der Waals surface area (Å²) in [5.41, 5.74) is 6.80. The zero-order chi connectivity index (χ0) is 13.8. The van der Waals surface area contributed by atoms with Crippen molar-refractivity contribution in [3.8, 4) is 5.75 Å². The van der Waals surface area contributed by atoms with E-state index in [4.69, 9.17) is 10.6 Å². The molecule has 1 aromatic heterocycles. The van der Waals surface area contributed by atoms with Gasteiger partial charge in [-0.25, -0.2) is 4.99 Å². The van der Waals surface area contributed by atoms with Crippen LogP contribution in [0.4, 0.5) is 5.69 Å². The molecule has 0 atom stereocenters. The molecule has 2 aromatic rings. The van der Waals surface area contributed by atoms with Crippen molar-refractivity contribution in [2.45, 2.75) is 12.8 Å². The summed E-state index contributed by atoms with van der Waals surface area (Å²) in [7, 11) is 0. The largest absolute Gasteiger partial charge is 0.406 e. The van der Waals surface area contributed by atoms with Gasteiger partial charge in [-0.1, -0.05) is 6.07 Å². The highest BCUT2D eigenvalue weighted by Gasteiger charge is 2.12. The third kappa shape index (κ3) is 3.18. The molecule has 1 aliphatic rings. The van der Waals surface area contributed by atoms with Gasteiger partial charge in [0.25, 0.3) is 0 Å². The lowest BCUT2D eigenvalue weighted by Crippen LogP contribution is -2.23. The van der Waals surface area contributed by atoms with Crippen molar-refractivity contribution >= 4 is 22.9 Å². The van der Waals surface area contributed by atoms with E-state index in [9.17, 15) is 0 Å². The van der Waals surface area contributed by atoms with Gasteiger partial charge in [-0.05, 0) is 48.6 Å². The molecule has 1 saturated heterocycles. The van der Waals surface area contributed by atoms with Crippen LogP contribution in [0, 0.1) is 0 Å². The van der Waals surface area contributed by atoms with Crippen LogP contribution in [-0.2, 0) is 0 Å². The molecular formula is C15H17N3OS. The highest BCUT2D eigenvalue weighted by molar-refractivity contribution is 7.12. The fraction of sp³-hybridized carbons (Fsp3) is 0.267. The van der Waals surface area contributed by atoms with E-state index in [1.54, 1.807) is 11.3 Å². The Labute approximate surface area is 122 Å². The topological polar surface area (TPSA) is 50.9 Å². The first kappa shape index (κ1) is 13.1. The molecule has 20 heavy (non-hydrogen) atoms. The Bertz CT molecular complexity index is 572. The van der Waals surface area contributed by atoms with E-state index in [2.05, 4.69) is 4.99 Å². The molecule has 0 amide bonds. The van der Waals surface area contributed by atoms with E-state index in [0.29, 0.717) is 5.84 Å². The van der Waals surface area contributed by atoms with Gasteiger partial charge < -0.3 is 10.6 Å². The molecule has 0 bridgehead atoms. The fourth-order valence-electron chi connectivity index (χ4n) is 2.13. The Morgan fingerprint density at radius 3 is 2.55 bits per heavy atom. The lowest BCUT2D eigenvalue weighted by molar-refractivity contribution is -0.0346. The summed E-state index contributed by atoms with van der Waals surface area (Å²) in [5.74, 6) is 1.40. The zero-order valence-electron chi connectivity index (χ0n) is 11.2. The molecule has 1 fully saturated rings. The fourth-order valence-corrected chi connectivity index (χ4v) is 2.76. The molecule has 5 heteroatoms. The Hall–Kier alpha value is -1.85. The van der Waals surface area contributed by atoms with E-state index in [-0.39, 0.29) is 0 Å². The number of benzene rings is 1. The van der Waals surface area contributed by atoms with Gasteiger partial charge in [-0.3, -0.25) is 0 Å². The molecule has 3 rings (SSSR count). The maximum Gasteiger partial charge on any atom is 0.147 e. The number of hydroxylamine groups is 2. The zero-order valence-corrected chi connectivity index (χ0v) is 12.0. The second-order valence-corrected chi connectivity index (χ2v) is 5.64. The summed E-state index contributed by atoms with van der Waals surface area (Å²) in [6, 6.07) is 11.6. The Kier molecular flexibility index (Phi) is 3.99. The monoisotopic (exact) mass is 287 g/mol.